The third kappa shape index (κ3) is 3.06. The number of sulfonamides is 1. The summed E-state index contributed by atoms with van der Waals surface area (Å²) in [6.07, 6.45) is 1.44. The van der Waals surface area contributed by atoms with Crippen LogP contribution in [-0.2, 0) is 16.6 Å². The molecule has 2 aromatic rings. The zero-order chi connectivity index (χ0) is 14.8. The lowest BCUT2D eigenvalue weighted by atomic mass is 10.1. The molecule has 1 aromatic carbocycles. The summed E-state index contributed by atoms with van der Waals surface area (Å²) in [5.41, 5.74) is 0.466. The molecule has 7 heteroatoms. The molecule has 1 heterocycles. The number of rotatable bonds is 5. The van der Waals surface area contributed by atoms with Crippen molar-refractivity contribution in [3.8, 4) is 0 Å². The fourth-order valence-corrected chi connectivity index (χ4v) is 2.68. The molecule has 0 bridgehead atoms. The molecule has 2 rings (SSSR count). The van der Waals surface area contributed by atoms with E-state index in [4.69, 9.17) is 9.52 Å². The third-order valence-corrected chi connectivity index (χ3v) is 4.17. The monoisotopic (exact) mass is 295 g/mol. The molecule has 20 heavy (non-hydrogen) atoms. The zero-order valence-electron chi connectivity index (χ0n) is 10.7. The molecular formula is C13H13NO5S. The second-order valence-electron chi connectivity index (χ2n) is 4.19. The molecule has 0 saturated carbocycles. The van der Waals surface area contributed by atoms with Crippen molar-refractivity contribution in [1.82, 2.24) is 4.72 Å². The molecule has 2 N–H and O–H groups in total. The van der Waals surface area contributed by atoms with E-state index < -0.39 is 16.0 Å². The zero-order valence-corrected chi connectivity index (χ0v) is 11.5. The fourth-order valence-electron chi connectivity index (χ4n) is 1.66. The summed E-state index contributed by atoms with van der Waals surface area (Å²) in [7, 11) is -3.78. The van der Waals surface area contributed by atoms with Gasteiger partial charge in [0, 0.05) is 0 Å². The Morgan fingerprint density at radius 1 is 1.35 bits per heavy atom. The standard InChI is InChI=1S/C13H13NO5S/c1-9-4-5-11(7-12(9)13(15)16)20(17,18)14-8-10-3-2-6-19-10/h2-7,14H,8H2,1H3,(H,15,16). The van der Waals surface area contributed by atoms with Crippen molar-refractivity contribution in [1.29, 1.82) is 0 Å². The fraction of sp³-hybridized carbons (Fsp3) is 0.154. The van der Waals surface area contributed by atoms with Crippen LogP contribution in [0.2, 0.25) is 0 Å². The summed E-state index contributed by atoms with van der Waals surface area (Å²) in [5, 5.41) is 9.01. The number of nitrogens with one attached hydrogen (secondary N) is 1. The minimum absolute atomic E-state index is 0.00557. The Hall–Kier alpha value is -2.12. The molecule has 106 valence electrons. The van der Waals surface area contributed by atoms with Crippen LogP contribution in [0, 0.1) is 6.92 Å². The molecule has 1 aromatic heterocycles. The van der Waals surface area contributed by atoms with Crippen LogP contribution in [0.25, 0.3) is 0 Å². The van der Waals surface area contributed by atoms with Crippen LogP contribution in [0.5, 0.6) is 0 Å². The molecule has 0 saturated heterocycles. The maximum Gasteiger partial charge on any atom is 0.335 e. The van der Waals surface area contributed by atoms with Gasteiger partial charge in [-0.25, -0.2) is 17.9 Å². The summed E-state index contributed by atoms with van der Waals surface area (Å²) < 4.78 is 31.5. The highest BCUT2D eigenvalue weighted by molar-refractivity contribution is 7.89. The average Bonchev–Trinajstić information content (AvgIpc) is 2.89. The summed E-state index contributed by atoms with van der Waals surface area (Å²) in [6, 6.07) is 7.26. The van der Waals surface area contributed by atoms with E-state index >= 15 is 0 Å². The highest BCUT2D eigenvalue weighted by atomic mass is 32.2. The topological polar surface area (TPSA) is 96.6 Å². The number of aryl methyl sites for hydroxylation is 1. The second kappa shape index (κ2) is 5.48. The van der Waals surface area contributed by atoms with Crippen molar-refractivity contribution in [3.05, 3.63) is 53.5 Å². The summed E-state index contributed by atoms with van der Waals surface area (Å²) in [4.78, 5) is 10.9. The predicted octanol–water partition coefficient (Wildman–Crippen LogP) is 1.76. The van der Waals surface area contributed by atoms with Gasteiger partial charge in [0.05, 0.1) is 23.3 Å². The number of aromatic carboxylic acids is 1. The smallest absolute Gasteiger partial charge is 0.335 e. The molecule has 0 aliphatic carbocycles. The first-order valence-electron chi connectivity index (χ1n) is 5.76. The van der Waals surface area contributed by atoms with Crippen molar-refractivity contribution in [2.45, 2.75) is 18.4 Å². The van der Waals surface area contributed by atoms with Gasteiger partial charge in [-0.05, 0) is 36.8 Å². The number of hydrogen-bond donors (Lipinski definition) is 2. The number of hydrogen-bond acceptors (Lipinski definition) is 4. The molecule has 0 atom stereocenters. The highest BCUT2D eigenvalue weighted by Gasteiger charge is 2.17. The maximum atomic E-state index is 12.1. The molecule has 0 aliphatic rings. The number of benzene rings is 1. The third-order valence-electron chi connectivity index (χ3n) is 2.77. The Morgan fingerprint density at radius 2 is 2.10 bits per heavy atom. The van der Waals surface area contributed by atoms with Crippen LogP contribution in [-0.4, -0.2) is 19.5 Å². The first kappa shape index (κ1) is 14.3. The molecule has 0 radical (unpaired) electrons. The lowest BCUT2D eigenvalue weighted by Crippen LogP contribution is -2.23. The van der Waals surface area contributed by atoms with Gasteiger partial charge >= 0.3 is 5.97 Å². The minimum Gasteiger partial charge on any atom is -0.478 e. The number of carboxylic acids is 1. The maximum absolute atomic E-state index is 12.1. The van der Waals surface area contributed by atoms with E-state index in [9.17, 15) is 13.2 Å². The molecule has 0 fully saturated rings. The van der Waals surface area contributed by atoms with Gasteiger partial charge < -0.3 is 9.52 Å². The van der Waals surface area contributed by atoms with Crippen LogP contribution in [0.4, 0.5) is 0 Å². The first-order chi connectivity index (χ1) is 9.40. The lowest BCUT2D eigenvalue weighted by Gasteiger charge is -2.07. The highest BCUT2D eigenvalue weighted by Crippen LogP contribution is 2.16. The number of furan rings is 1. The normalized spacial score (nSPS) is 11.4. The Kier molecular flexibility index (Phi) is 3.91. The first-order valence-corrected chi connectivity index (χ1v) is 7.24. The number of carbonyl (C=O) groups is 1. The Balaban J connectivity index is 2.25. The van der Waals surface area contributed by atoms with Gasteiger partial charge in [0.25, 0.3) is 0 Å². The molecule has 0 spiro atoms. The van der Waals surface area contributed by atoms with Gasteiger partial charge in [-0.3, -0.25) is 0 Å². The van der Waals surface area contributed by atoms with Crippen molar-refractivity contribution < 1.29 is 22.7 Å². The molecule has 0 unspecified atom stereocenters. The van der Waals surface area contributed by atoms with Crippen molar-refractivity contribution in [3.63, 3.8) is 0 Å². The van der Waals surface area contributed by atoms with E-state index in [1.165, 1.54) is 18.4 Å². The summed E-state index contributed by atoms with van der Waals surface area (Å²) in [5.74, 6) is -0.690. The van der Waals surface area contributed by atoms with Crippen LogP contribution >= 0.6 is 0 Å². The van der Waals surface area contributed by atoms with Crippen LogP contribution in [0.1, 0.15) is 21.7 Å². The van der Waals surface area contributed by atoms with Crippen molar-refractivity contribution in [2.75, 3.05) is 0 Å². The minimum atomic E-state index is -3.78. The van der Waals surface area contributed by atoms with Gasteiger partial charge in [-0.15, -0.1) is 0 Å². The van der Waals surface area contributed by atoms with Crippen LogP contribution < -0.4 is 4.72 Å². The largest absolute Gasteiger partial charge is 0.478 e. The molecule has 0 amide bonds. The van der Waals surface area contributed by atoms with E-state index in [2.05, 4.69) is 4.72 Å². The number of carboxylic acid groups (broad SMARTS) is 1. The van der Waals surface area contributed by atoms with Gasteiger partial charge in [0.1, 0.15) is 5.76 Å². The Morgan fingerprint density at radius 3 is 2.70 bits per heavy atom. The summed E-state index contributed by atoms with van der Waals surface area (Å²) in [6.45, 7) is 1.61. The van der Waals surface area contributed by atoms with Gasteiger partial charge in [0.15, 0.2) is 0 Å². The second-order valence-corrected chi connectivity index (χ2v) is 5.95. The molecule has 0 aliphatic heterocycles. The van der Waals surface area contributed by atoms with E-state index in [0.717, 1.165) is 6.07 Å². The molecular weight excluding hydrogens is 282 g/mol. The summed E-state index contributed by atoms with van der Waals surface area (Å²) >= 11 is 0. The van der Waals surface area contributed by atoms with Crippen LogP contribution in [0.3, 0.4) is 0 Å². The average molecular weight is 295 g/mol. The lowest BCUT2D eigenvalue weighted by molar-refractivity contribution is 0.0696. The quantitative estimate of drug-likeness (QED) is 0.876. The van der Waals surface area contributed by atoms with E-state index in [1.807, 2.05) is 0 Å². The SMILES string of the molecule is Cc1ccc(S(=O)(=O)NCc2ccco2)cc1C(=O)O. The van der Waals surface area contributed by atoms with Crippen molar-refractivity contribution >= 4 is 16.0 Å². The van der Waals surface area contributed by atoms with Gasteiger partial charge in [-0.1, -0.05) is 6.07 Å². The Labute approximate surface area is 116 Å². The van der Waals surface area contributed by atoms with E-state index in [1.54, 1.807) is 19.1 Å². The van der Waals surface area contributed by atoms with E-state index in [-0.39, 0.29) is 17.0 Å². The Bertz CT molecular complexity index is 719. The van der Waals surface area contributed by atoms with Crippen molar-refractivity contribution in [2.24, 2.45) is 0 Å². The van der Waals surface area contributed by atoms with Gasteiger partial charge in [0.2, 0.25) is 10.0 Å². The van der Waals surface area contributed by atoms with Crippen LogP contribution in [0.15, 0.2) is 45.9 Å². The molecule has 6 nitrogen and oxygen atoms in total. The predicted molar refractivity (Wildman–Crippen MR) is 70.9 cm³/mol. The van der Waals surface area contributed by atoms with Gasteiger partial charge in [-0.2, -0.15) is 0 Å². The van der Waals surface area contributed by atoms with E-state index in [0.29, 0.717) is 11.3 Å².